The average molecular weight is 424 g/mol. The van der Waals surface area contributed by atoms with E-state index in [9.17, 15) is 18.8 Å². The number of ether oxygens (including phenoxy) is 3. The van der Waals surface area contributed by atoms with Crippen molar-refractivity contribution in [3.63, 3.8) is 0 Å². The van der Waals surface area contributed by atoms with Crippen LogP contribution in [0.3, 0.4) is 0 Å². The number of cyclic esters (lactones) is 1. The molecular formula is C24H21FO6. The summed E-state index contributed by atoms with van der Waals surface area (Å²) in [5.41, 5.74) is -1.02. The maximum Gasteiger partial charge on any atom is 0.348 e. The molecule has 0 radical (unpaired) electrons. The Bertz CT molecular complexity index is 982. The molecule has 0 bridgehead atoms. The predicted octanol–water partition coefficient (Wildman–Crippen LogP) is 3.52. The van der Waals surface area contributed by atoms with Crippen LogP contribution < -0.4 is 0 Å². The Morgan fingerprint density at radius 2 is 1.48 bits per heavy atom. The van der Waals surface area contributed by atoms with Gasteiger partial charge < -0.3 is 14.2 Å². The molecule has 3 atom stereocenters. The maximum absolute atomic E-state index is 14.8. The standard InChI is InChI=1S/C24H21FO6/c1-24(25)22(31-21(27)15-13-18-10-6-3-7-11-18)19(30-23(24)28)16-29-20(26)14-12-17-8-4-2-5-9-17/h2-15,19,22H,16H2,1H3/b14-12+,15-13+/t19-,22-,24-/m1/s1. The summed E-state index contributed by atoms with van der Waals surface area (Å²) in [6, 6.07) is 18.0. The smallest absolute Gasteiger partial charge is 0.348 e. The maximum atomic E-state index is 14.8. The highest BCUT2D eigenvalue weighted by molar-refractivity contribution is 5.89. The van der Waals surface area contributed by atoms with Gasteiger partial charge in [-0.25, -0.2) is 18.8 Å². The second kappa shape index (κ2) is 9.84. The molecule has 0 N–H and O–H groups in total. The molecule has 7 heteroatoms. The molecule has 1 fully saturated rings. The van der Waals surface area contributed by atoms with Crippen LogP contribution in [-0.4, -0.2) is 42.4 Å². The van der Waals surface area contributed by atoms with Crippen molar-refractivity contribution in [2.75, 3.05) is 6.61 Å². The van der Waals surface area contributed by atoms with Gasteiger partial charge in [-0.05, 0) is 30.2 Å². The Balaban J connectivity index is 1.60. The van der Waals surface area contributed by atoms with Gasteiger partial charge in [0.25, 0.3) is 0 Å². The van der Waals surface area contributed by atoms with Crippen LogP contribution in [0.25, 0.3) is 12.2 Å². The van der Waals surface area contributed by atoms with Crippen molar-refractivity contribution in [3.05, 3.63) is 83.9 Å². The fourth-order valence-corrected chi connectivity index (χ4v) is 2.92. The van der Waals surface area contributed by atoms with Crippen molar-refractivity contribution in [2.45, 2.75) is 24.8 Å². The number of carbonyl (C=O) groups excluding carboxylic acids is 3. The fraction of sp³-hybridized carbons (Fsp3) is 0.208. The highest BCUT2D eigenvalue weighted by Gasteiger charge is 2.58. The molecule has 0 amide bonds. The normalized spacial score (nSPS) is 23.1. The number of hydrogen-bond donors (Lipinski definition) is 0. The molecule has 0 spiro atoms. The van der Waals surface area contributed by atoms with Crippen molar-refractivity contribution >= 4 is 30.1 Å². The molecule has 3 rings (SSSR count). The van der Waals surface area contributed by atoms with Gasteiger partial charge in [0.05, 0.1) is 0 Å². The van der Waals surface area contributed by atoms with Gasteiger partial charge in [0.15, 0.2) is 12.2 Å². The van der Waals surface area contributed by atoms with E-state index in [4.69, 9.17) is 14.2 Å². The van der Waals surface area contributed by atoms with Crippen LogP contribution in [0, 0.1) is 0 Å². The first-order valence-corrected chi connectivity index (χ1v) is 9.60. The lowest BCUT2D eigenvalue weighted by atomic mass is 10.0. The van der Waals surface area contributed by atoms with E-state index in [1.165, 1.54) is 12.2 Å². The van der Waals surface area contributed by atoms with Gasteiger partial charge >= 0.3 is 17.9 Å². The predicted molar refractivity (Wildman–Crippen MR) is 111 cm³/mol. The Morgan fingerprint density at radius 3 is 2.03 bits per heavy atom. The fourth-order valence-electron chi connectivity index (χ4n) is 2.92. The molecule has 2 aromatic rings. The molecule has 0 aromatic heterocycles. The van der Waals surface area contributed by atoms with Crippen molar-refractivity contribution in [3.8, 4) is 0 Å². The number of rotatable bonds is 7. The first-order chi connectivity index (χ1) is 14.9. The third-order valence-corrected chi connectivity index (χ3v) is 4.59. The van der Waals surface area contributed by atoms with E-state index in [0.29, 0.717) is 0 Å². The van der Waals surface area contributed by atoms with Gasteiger partial charge in [-0.15, -0.1) is 0 Å². The summed E-state index contributed by atoms with van der Waals surface area (Å²) >= 11 is 0. The third-order valence-electron chi connectivity index (χ3n) is 4.59. The van der Waals surface area contributed by atoms with Gasteiger partial charge in [-0.3, -0.25) is 0 Å². The van der Waals surface area contributed by atoms with Gasteiger partial charge in [0.2, 0.25) is 5.67 Å². The summed E-state index contributed by atoms with van der Waals surface area (Å²) in [7, 11) is 0. The van der Waals surface area contributed by atoms with Crippen LogP contribution in [0.2, 0.25) is 0 Å². The number of benzene rings is 2. The van der Waals surface area contributed by atoms with Gasteiger partial charge in [0.1, 0.15) is 6.61 Å². The first-order valence-electron chi connectivity index (χ1n) is 9.60. The number of carbonyl (C=O) groups is 3. The highest BCUT2D eigenvalue weighted by Crippen LogP contribution is 2.32. The minimum Gasteiger partial charge on any atom is -0.458 e. The molecule has 0 saturated carbocycles. The number of halogens is 1. The van der Waals surface area contributed by atoms with Crippen LogP contribution in [0.15, 0.2) is 72.8 Å². The zero-order chi connectivity index (χ0) is 22.3. The summed E-state index contributed by atoms with van der Waals surface area (Å²) in [6.45, 7) is 0.509. The van der Waals surface area contributed by atoms with Crippen LogP contribution in [0.1, 0.15) is 18.1 Å². The number of alkyl halides is 1. The molecule has 1 heterocycles. The van der Waals surface area contributed by atoms with Gasteiger partial charge in [-0.2, -0.15) is 0 Å². The van der Waals surface area contributed by atoms with Gasteiger partial charge in [-0.1, -0.05) is 60.7 Å². The number of hydrogen-bond acceptors (Lipinski definition) is 6. The average Bonchev–Trinajstić information content (AvgIpc) is 2.99. The molecule has 0 aliphatic carbocycles. The van der Waals surface area contributed by atoms with Crippen molar-refractivity contribution < 1.29 is 33.0 Å². The van der Waals surface area contributed by atoms with Crippen molar-refractivity contribution in [1.82, 2.24) is 0 Å². The van der Waals surface area contributed by atoms with Crippen LogP contribution in [0.4, 0.5) is 4.39 Å². The molecule has 1 saturated heterocycles. The molecule has 160 valence electrons. The zero-order valence-electron chi connectivity index (χ0n) is 16.8. The van der Waals surface area contributed by atoms with Crippen LogP contribution in [-0.2, 0) is 28.6 Å². The van der Waals surface area contributed by atoms with E-state index in [1.807, 2.05) is 24.3 Å². The van der Waals surface area contributed by atoms with E-state index in [0.717, 1.165) is 24.1 Å². The lowest BCUT2D eigenvalue weighted by Gasteiger charge is -2.21. The Labute approximate surface area is 178 Å². The van der Waals surface area contributed by atoms with E-state index in [-0.39, 0.29) is 0 Å². The molecule has 6 nitrogen and oxygen atoms in total. The van der Waals surface area contributed by atoms with Crippen molar-refractivity contribution in [1.29, 1.82) is 0 Å². The summed E-state index contributed by atoms with van der Waals surface area (Å²) in [5.74, 6) is -2.74. The third kappa shape index (κ3) is 5.88. The van der Waals surface area contributed by atoms with E-state index < -0.39 is 42.4 Å². The molecule has 1 aliphatic rings. The van der Waals surface area contributed by atoms with E-state index >= 15 is 0 Å². The first kappa shape index (κ1) is 22.0. The summed E-state index contributed by atoms with van der Waals surface area (Å²) in [4.78, 5) is 36.0. The highest BCUT2D eigenvalue weighted by atomic mass is 19.1. The molecule has 31 heavy (non-hydrogen) atoms. The molecule has 1 aliphatic heterocycles. The molecule has 0 unspecified atom stereocenters. The quantitative estimate of drug-likeness (QED) is 0.384. The Morgan fingerprint density at radius 1 is 0.968 bits per heavy atom. The summed E-state index contributed by atoms with van der Waals surface area (Å²) in [5, 5.41) is 0. The largest absolute Gasteiger partial charge is 0.458 e. The van der Waals surface area contributed by atoms with E-state index in [2.05, 4.69) is 0 Å². The lowest BCUT2D eigenvalue weighted by molar-refractivity contribution is -0.155. The second-order valence-electron chi connectivity index (χ2n) is 6.99. The summed E-state index contributed by atoms with van der Waals surface area (Å²) < 4.78 is 29.9. The molecular weight excluding hydrogens is 403 g/mol. The van der Waals surface area contributed by atoms with Gasteiger partial charge in [0, 0.05) is 12.2 Å². The monoisotopic (exact) mass is 424 g/mol. The zero-order valence-corrected chi connectivity index (χ0v) is 16.8. The minimum atomic E-state index is -2.56. The Hall–Kier alpha value is -3.74. The van der Waals surface area contributed by atoms with Crippen molar-refractivity contribution in [2.24, 2.45) is 0 Å². The Kier molecular flexibility index (Phi) is 6.97. The van der Waals surface area contributed by atoms with E-state index in [1.54, 1.807) is 42.5 Å². The summed E-state index contributed by atoms with van der Waals surface area (Å²) in [6.07, 6.45) is 2.56. The lowest BCUT2D eigenvalue weighted by Crippen LogP contribution is -2.44. The van der Waals surface area contributed by atoms with Crippen LogP contribution in [0.5, 0.6) is 0 Å². The number of esters is 3. The topological polar surface area (TPSA) is 78.9 Å². The SMILES string of the molecule is C[C@]1(F)C(=O)O[C@H](COC(=O)/C=C/c2ccccc2)[C@H]1OC(=O)/C=C/c1ccccc1. The second-order valence-corrected chi connectivity index (χ2v) is 6.99. The van der Waals surface area contributed by atoms with Crippen LogP contribution >= 0.6 is 0 Å². The minimum absolute atomic E-state index is 0.455. The molecule has 2 aromatic carbocycles.